The first-order valence-corrected chi connectivity index (χ1v) is 4.07. The molecule has 0 spiro atoms. The number of nitrogens with zero attached hydrogens (tertiary/aromatic N) is 1. The van der Waals surface area contributed by atoms with Gasteiger partial charge in [0.15, 0.2) is 0 Å². The molecular formula is C9H13NO2. The standard InChI is InChI=1S/C9H13NO2/c1-7(2)6-12-9(11)5-8-3-4-10-8/h3-4,7H,5-6H2,1-2H3. The topological polar surface area (TPSA) is 38.7 Å². The van der Waals surface area contributed by atoms with Crippen molar-refractivity contribution >= 4 is 11.7 Å². The molecule has 12 heavy (non-hydrogen) atoms. The fraction of sp³-hybridized carbons (Fsp3) is 0.556. The van der Waals surface area contributed by atoms with Crippen molar-refractivity contribution in [3.63, 3.8) is 0 Å². The Morgan fingerprint density at radius 1 is 1.67 bits per heavy atom. The molecule has 0 amide bonds. The number of hydrogen-bond acceptors (Lipinski definition) is 3. The summed E-state index contributed by atoms with van der Waals surface area (Å²) in [4.78, 5) is 14.9. The van der Waals surface area contributed by atoms with Crippen LogP contribution in [0.5, 0.6) is 0 Å². The Balaban J connectivity index is 2.12. The number of ether oxygens (including phenoxy) is 1. The van der Waals surface area contributed by atoms with E-state index < -0.39 is 0 Å². The van der Waals surface area contributed by atoms with Gasteiger partial charge in [0.2, 0.25) is 0 Å². The Bertz CT molecular complexity index is 229. The van der Waals surface area contributed by atoms with Crippen molar-refractivity contribution in [2.75, 3.05) is 6.61 Å². The number of aliphatic imine (C=N–C) groups is 1. The Labute approximate surface area is 72.1 Å². The average Bonchev–Trinajstić information content (AvgIpc) is 1.93. The van der Waals surface area contributed by atoms with Crippen LogP contribution >= 0.6 is 0 Å². The van der Waals surface area contributed by atoms with Crippen molar-refractivity contribution in [3.8, 4) is 0 Å². The summed E-state index contributed by atoms with van der Waals surface area (Å²) in [5.74, 6) is 0.208. The van der Waals surface area contributed by atoms with Crippen LogP contribution in [0.3, 0.4) is 0 Å². The van der Waals surface area contributed by atoms with Gasteiger partial charge in [0.05, 0.1) is 18.7 Å². The first-order valence-electron chi connectivity index (χ1n) is 4.07. The SMILES string of the molecule is CC(C)COC(=O)CC1=NC=C1. The quantitative estimate of drug-likeness (QED) is 0.596. The second-order valence-electron chi connectivity index (χ2n) is 3.19. The van der Waals surface area contributed by atoms with Gasteiger partial charge in [0.1, 0.15) is 0 Å². The molecule has 0 unspecified atom stereocenters. The summed E-state index contributed by atoms with van der Waals surface area (Å²) in [5, 5.41) is 0. The minimum absolute atomic E-state index is 0.188. The fourth-order valence-corrected chi connectivity index (χ4v) is 0.743. The number of esters is 1. The van der Waals surface area contributed by atoms with Crippen LogP contribution in [0.4, 0.5) is 0 Å². The van der Waals surface area contributed by atoms with Crippen molar-refractivity contribution in [2.24, 2.45) is 10.9 Å². The lowest BCUT2D eigenvalue weighted by Crippen LogP contribution is -2.14. The third-order valence-electron chi connectivity index (χ3n) is 1.41. The molecule has 0 fully saturated rings. The maximum atomic E-state index is 11.0. The zero-order chi connectivity index (χ0) is 8.97. The monoisotopic (exact) mass is 167 g/mol. The molecule has 0 aliphatic carbocycles. The van der Waals surface area contributed by atoms with Gasteiger partial charge < -0.3 is 4.74 Å². The minimum atomic E-state index is -0.188. The second-order valence-corrected chi connectivity index (χ2v) is 3.19. The summed E-state index contributed by atoms with van der Waals surface area (Å²) in [5.41, 5.74) is 0.809. The fourth-order valence-electron chi connectivity index (χ4n) is 0.743. The number of carbonyl (C=O) groups excluding carboxylic acids is 1. The number of hydrogen-bond donors (Lipinski definition) is 0. The Hall–Kier alpha value is -1.12. The summed E-state index contributed by atoms with van der Waals surface area (Å²) in [6.07, 6.45) is 3.80. The molecule has 0 N–H and O–H groups in total. The molecule has 66 valence electrons. The summed E-state index contributed by atoms with van der Waals surface area (Å²) >= 11 is 0. The average molecular weight is 167 g/mol. The van der Waals surface area contributed by atoms with Crippen molar-refractivity contribution in [3.05, 3.63) is 12.3 Å². The summed E-state index contributed by atoms with van der Waals surface area (Å²) < 4.78 is 4.96. The number of allylic oxidation sites excluding steroid dienone is 1. The molecule has 0 radical (unpaired) electrons. The third-order valence-corrected chi connectivity index (χ3v) is 1.41. The maximum Gasteiger partial charge on any atom is 0.311 e. The molecule has 0 aromatic carbocycles. The molecule has 1 aliphatic rings. The van der Waals surface area contributed by atoms with Crippen LogP contribution in [0.1, 0.15) is 20.3 Å². The lowest BCUT2D eigenvalue weighted by molar-refractivity contribution is -0.143. The molecule has 1 aliphatic heterocycles. The molecule has 1 rings (SSSR count). The second kappa shape index (κ2) is 4.04. The van der Waals surface area contributed by atoms with Gasteiger partial charge in [0, 0.05) is 6.20 Å². The van der Waals surface area contributed by atoms with E-state index >= 15 is 0 Å². The first kappa shape index (κ1) is 8.97. The molecule has 0 saturated carbocycles. The largest absolute Gasteiger partial charge is 0.465 e. The van der Waals surface area contributed by atoms with E-state index in [0.717, 1.165) is 5.71 Å². The van der Waals surface area contributed by atoms with Gasteiger partial charge in [-0.25, -0.2) is 0 Å². The van der Waals surface area contributed by atoms with Crippen molar-refractivity contribution in [1.82, 2.24) is 0 Å². The smallest absolute Gasteiger partial charge is 0.311 e. The van der Waals surface area contributed by atoms with E-state index in [1.807, 2.05) is 19.9 Å². The van der Waals surface area contributed by atoms with Gasteiger partial charge in [0.25, 0.3) is 0 Å². The molecule has 0 saturated heterocycles. The summed E-state index contributed by atoms with van der Waals surface area (Å²) in [6, 6.07) is 0. The maximum absolute atomic E-state index is 11.0. The molecular weight excluding hydrogens is 154 g/mol. The summed E-state index contributed by atoms with van der Waals surface area (Å²) in [7, 11) is 0. The van der Waals surface area contributed by atoms with E-state index in [4.69, 9.17) is 4.74 Å². The molecule has 0 atom stereocenters. The summed E-state index contributed by atoms with van der Waals surface area (Å²) in [6.45, 7) is 4.51. The van der Waals surface area contributed by atoms with Gasteiger partial charge in [-0.05, 0) is 12.0 Å². The van der Waals surface area contributed by atoms with Crippen LogP contribution in [0.15, 0.2) is 17.3 Å². The van der Waals surface area contributed by atoms with E-state index in [-0.39, 0.29) is 5.97 Å². The highest BCUT2D eigenvalue weighted by molar-refractivity contribution is 6.08. The van der Waals surface area contributed by atoms with E-state index in [0.29, 0.717) is 18.9 Å². The van der Waals surface area contributed by atoms with E-state index in [1.165, 1.54) is 0 Å². The molecule has 0 aromatic heterocycles. The van der Waals surface area contributed by atoms with Crippen LogP contribution < -0.4 is 0 Å². The van der Waals surface area contributed by atoms with Crippen LogP contribution in [0.25, 0.3) is 0 Å². The van der Waals surface area contributed by atoms with Crippen LogP contribution in [0.2, 0.25) is 0 Å². The lowest BCUT2D eigenvalue weighted by Gasteiger charge is -2.08. The predicted octanol–water partition coefficient (Wildman–Crippen LogP) is 1.54. The first-order chi connectivity index (χ1) is 5.68. The minimum Gasteiger partial charge on any atom is -0.465 e. The Morgan fingerprint density at radius 3 is 2.75 bits per heavy atom. The molecule has 3 nitrogen and oxygen atoms in total. The van der Waals surface area contributed by atoms with Gasteiger partial charge in [-0.2, -0.15) is 0 Å². The highest BCUT2D eigenvalue weighted by Crippen LogP contribution is 2.03. The molecule has 0 bridgehead atoms. The zero-order valence-corrected chi connectivity index (χ0v) is 7.41. The zero-order valence-electron chi connectivity index (χ0n) is 7.41. The third kappa shape index (κ3) is 2.86. The highest BCUT2D eigenvalue weighted by Gasteiger charge is 2.09. The van der Waals surface area contributed by atoms with E-state index in [2.05, 4.69) is 4.99 Å². The molecule has 0 aromatic rings. The van der Waals surface area contributed by atoms with Crippen LogP contribution in [-0.2, 0) is 9.53 Å². The van der Waals surface area contributed by atoms with Gasteiger partial charge >= 0.3 is 5.97 Å². The van der Waals surface area contributed by atoms with Gasteiger partial charge in [-0.3, -0.25) is 9.79 Å². The number of rotatable bonds is 4. The normalized spacial score (nSPS) is 14.1. The van der Waals surface area contributed by atoms with Crippen LogP contribution in [0, 0.1) is 5.92 Å². The van der Waals surface area contributed by atoms with Crippen molar-refractivity contribution in [2.45, 2.75) is 20.3 Å². The number of carbonyl (C=O) groups is 1. The van der Waals surface area contributed by atoms with Crippen LogP contribution in [-0.4, -0.2) is 18.3 Å². The Morgan fingerprint density at radius 2 is 2.33 bits per heavy atom. The van der Waals surface area contributed by atoms with Gasteiger partial charge in [-0.1, -0.05) is 13.8 Å². The molecule has 3 heteroatoms. The molecule has 1 heterocycles. The van der Waals surface area contributed by atoms with E-state index in [9.17, 15) is 4.79 Å². The Kier molecular flexibility index (Phi) is 3.02. The predicted molar refractivity (Wildman–Crippen MR) is 47.0 cm³/mol. The lowest BCUT2D eigenvalue weighted by atomic mass is 10.2. The van der Waals surface area contributed by atoms with Gasteiger partial charge in [-0.15, -0.1) is 0 Å². The van der Waals surface area contributed by atoms with Crippen molar-refractivity contribution < 1.29 is 9.53 Å². The van der Waals surface area contributed by atoms with E-state index in [1.54, 1.807) is 6.20 Å². The van der Waals surface area contributed by atoms with Crippen molar-refractivity contribution in [1.29, 1.82) is 0 Å². The highest BCUT2D eigenvalue weighted by atomic mass is 16.5.